The lowest BCUT2D eigenvalue weighted by atomic mass is 10.1. The summed E-state index contributed by atoms with van der Waals surface area (Å²) in [6.45, 7) is 0. The second kappa shape index (κ2) is 5.66. The molecule has 1 aromatic heterocycles. The summed E-state index contributed by atoms with van der Waals surface area (Å²) in [7, 11) is 1.64. The highest BCUT2D eigenvalue weighted by atomic mass is 32.2. The van der Waals surface area contributed by atoms with Crippen molar-refractivity contribution in [2.75, 3.05) is 24.3 Å². The van der Waals surface area contributed by atoms with E-state index >= 15 is 0 Å². The molecule has 2 aromatic rings. The van der Waals surface area contributed by atoms with E-state index in [9.17, 15) is 0 Å². The van der Waals surface area contributed by atoms with Gasteiger partial charge < -0.3 is 19.7 Å². The number of ether oxygens (including phenoxy) is 2. The van der Waals surface area contributed by atoms with Crippen molar-refractivity contribution in [1.29, 1.82) is 0 Å². The van der Waals surface area contributed by atoms with Crippen molar-refractivity contribution in [3.05, 3.63) is 24.3 Å². The highest BCUT2D eigenvalue weighted by Crippen LogP contribution is 2.35. The lowest BCUT2D eigenvalue weighted by Gasteiger charge is -2.16. The van der Waals surface area contributed by atoms with E-state index in [-0.39, 0.29) is 6.10 Å². The van der Waals surface area contributed by atoms with Gasteiger partial charge in [-0.3, -0.25) is 0 Å². The highest BCUT2D eigenvalue weighted by molar-refractivity contribution is 7.99. The van der Waals surface area contributed by atoms with Crippen molar-refractivity contribution in [3.8, 4) is 22.8 Å². The fourth-order valence-electron chi connectivity index (χ4n) is 2.14. The Morgan fingerprint density at radius 1 is 1.35 bits per heavy atom. The predicted molar refractivity (Wildman–Crippen MR) is 79.3 cm³/mol. The summed E-state index contributed by atoms with van der Waals surface area (Å²) in [5, 5.41) is 3.91. The van der Waals surface area contributed by atoms with E-state index in [2.05, 4.69) is 5.16 Å². The van der Waals surface area contributed by atoms with Gasteiger partial charge in [0, 0.05) is 17.4 Å². The molecule has 0 aliphatic carbocycles. The molecule has 1 saturated heterocycles. The van der Waals surface area contributed by atoms with Crippen LogP contribution in [0, 0.1) is 0 Å². The SMILES string of the molecule is COc1ccc(-c2cc(N)on2)cc1OC1CCSC1. The van der Waals surface area contributed by atoms with Gasteiger partial charge in [0.1, 0.15) is 11.8 Å². The van der Waals surface area contributed by atoms with Crippen molar-refractivity contribution in [2.45, 2.75) is 12.5 Å². The first-order valence-electron chi connectivity index (χ1n) is 6.41. The minimum absolute atomic E-state index is 0.242. The second-order valence-electron chi connectivity index (χ2n) is 4.58. The molecule has 5 nitrogen and oxygen atoms in total. The van der Waals surface area contributed by atoms with Crippen molar-refractivity contribution in [2.24, 2.45) is 0 Å². The van der Waals surface area contributed by atoms with Crippen molar-refractivity contribution in [3.63, 3.8) is 0 Å². The monoisotopic (exact) mass is 292 g/mol. The summed E-state index contributed by atoms with van der Waals surface area (Å²) < 4.78 is 16.3. The zero-order valence-electron chi connectivity index (χ0n) is 11.2. The molecular formula is C14H16N2O3S. The van der Waals surface area contributed by atoms with Crippen LogP contribution in [0.25, 0.3) is 11.3 Å². The number of anilines is 1. The van der Waals surface area contributed by atoms with Crippen molar-refractivity contribution < 1.29 is 14.0 Å². The van der Waals surface area contributed by atoms with Gasteiger partial charge >= 0.3 is 0 Å². The smallest absolute Gasteiger partial charge is 0.222 e. The van der Waals surface area contributed by atoms with Crippen LogP contribution in [-0.2, 0) is 0 Å². The van der Waals surface area contributed by atoms with Gasteiger partial charge in [0.25, 0.3) is 0 Å². The Balaban J connectivity index is 1.89. The molecule has 0 saturated carbocycles. The third-order valence-corrected chi connectivity index (χ3v) is 4.30. The third kappa shape index (κ3) is 2.70. The molecule has 2 heterocycles. The highest BCUT2D eigenvalue weighted by Gasteiger charge is 2.19. The average Bonchev–Trinajstić information content (AvgIpc) is 3.10. The summed E-state index contributed by atoms with van der Waals surface area (Å²) in [6, 6.07) is 7.39. The van der Waals surface area contributed by atoms with Crippen LogP contribution in [0.5, 0.6) is 11.5 Å². The van der Waals surface area contributed by atoms with Crippen molar-refractivity contribution in [1.82, 2.24) is 5.16 Å². The number of hydrogen-bond acceptors (Lipinski definition) is 6. The summed E-state index contributed by atoms with van der Waals surface area (Å²) in [4.78, 5) is 0. The molecule has 106 valence electrons. The first-order valence-corrected chi connectivity index (χ1v) is 7.57. The van der Waals surface area contributed by atoms with Crippen LogP contribution in [0.1, 0.15) is 6.42 Å². The van der Waals surface area contributed by atoms with Crippen LogP contribution in [0.2, 0.25) is 0 Å². The van der Waals surface area contributed by atoms with E-state index in [1.54, 1.807) is 13.2 Å². The van der Waals surface area contributed by atoms with Gasteiger partial charge in [0.15, 0.2) is 11.5 Å². The van der Waals surface area contributed by atoms with Gasteiger partial charge in [-0.1, -0.05) is 5.16 Å². The second-order valence-corrected chi connectivity index (χ2v) is 5.73. The van der Waals surface area contributed by atoms with Crippen LogP contribution in [0.15, 0.2) is 28.8 Å². The zero-order valence-corrected chi connectivity index (χ0v) is 12.0. The van der Waals surface area contributed by atoms with E-state index in [1.165, 1.54) is 0 Å². The minimum Gasteiger partial charge on any atom is -0.493 e. The van der Waals surface area contributed by atoms with Crippen molar-refractivity contribution >= 4 is 17.6 Å². The molecule has 0 radical (unpaired) electrons. The summed E-state index contributed by atoms with van der Waals surface area (Å²) in [5.74, 6) is 3.92. The van der Waals surface area contributed by atoms with Crippen LogP contribution in [-0.4, -0.2) is 29.9 Å². The largest absolute Gasteiger partial charge is 0.493 e. The molecule has 1 aliphatic heterocycles. The van der Waals surface area contributed by atoms with E-state index < -0.39 is 0 Å². The molecule has 1 aromatic carbocycles. The lowest BCUT2D eigenvalue weighted by molar-refractivity contribution is 0.218. The molecule has 1 fully saturated rings. The van der Waals surface area contributed by atoms with Crippen LogP contribution in [0.3, 0.4) is 0 Å². The number of nitrogens with two attached hydrogens (primary N) is 1. The molecule has 2 N–H and O–H groups in total. The molecule has 20 heavy (non-hydrogen) atoms. The predicted octanol–water partition coefficient (Wildman–Crippen LogP) is 2.82. The van der Waals surface area contributed by atoms with E-state index in [0.29, 0.717) is 11.6 Å². The number of hydrogen-bond donors (Lipinski definition) is 1. The minimum atomic E-state index is 0.242. The number of methoxy groups -OCH3 is 1. The number of nitrogen functional groups attached to an aromatic ring is 1. The average molecular weight is 292 g/mol. The molecule has 0 amide bonds. The Labute approximate surface area is 121 Å². The third-order valence-electron chi connectivity index (χ3n) is 3.17. The number of rotatable bonds is 4. The zero-order chi connectivity index (χ0) is 13.9. The fourth-order valence-corrected chi connectivity index (χ4v) is 3.23. The summed E-state index contributed by atoms with van der Waals surface area (Å²) in [6.07, 6.45) is 1.31. The molecule has 6 heteroatoms. The Hall–Kier alpha value is -1.82. The summed E-state index contributed by atoms with van der Waals surface area (Å²) in [5.41, 5.74) is 7.14. The van der Waals surface area contributed by atoms with Gasteiger partial charge in [0.2, 0.25) is 5.88 Å². The summed E-state index contributed by atoms with van der Waals surface area (Å²) >= 11 is 1.91. The Kier molecular flexibility index (Phi) is 3.73. The Morgan fingerprint density at radius 2 is 2.25 bits per heavy atom. The number of benzene rings is 1. The molecule has 3 rings (SSSR count). The van der Waals surface area contributed by atoms with Crippen LogP contribution < -0.4 is 15.2 Å². The molecule has 1 unspecified atom stereocenters. The normalized spacial score (nSPS) is 18.1. The maximum Gasteiger partial charge on any atom is 0.222 e. The molecule has 1 atom stereocenters. The molecule has 0 bridgehead atoms. The molecule has 0 spiro atoms. The number of nitrogens with zero attached hydrogens (tertiary/aromatic N) is 1. The quantitative estimate of drug-likeness (QED) is 0.934. The Bertz CT molecular complexity index is 594. The maximum absolute atomic E-state index is 6.03. The van der Waals surface area contributed by atoms with Gasteiger partial charge in [-0.15, -0.1) is 0 Å². The van der Waals surface area contributed by atoms with E-state index in [4.69, 9.17) is 19.7 Å². The topological polar surface area (TPSA) is 70.5 Å². The standard InChI is InChI=1S/C14H16N2O3S/c1-17-12-3-2-9(11-7-14(15)19-16-11)6-13(12)18-10-4-5-20-8-10/h2-3,6-7,10H,4-5,8,15H2,1H3. The Morgan fingerprint density at radius 3 is 2.90 bits per heavy atom. The van der Waals surface area contributed by atoms with E-state index in [0.717, 1.165) is 35.0 Å². The van der Waals surface area contributed by atoms with Gasteiger partial charge in [0.05, 0.1) is 7.11 Å². The van der Waals surface area contributed by atoms with E-state index in [1.807, 2.05) is 30.0 Å². The fraction of sp³-hybridized carbons (Fsp3) is 0.357. The number of aromatic nitrogens is 1. The maximum atomic E-state index is 6.03. The number of thioether (sulfide) groups is 1. The first-order chi connectivity index (χ1) is 9.76. The molecular weight excluding hydrogens is 276 g/mol. The first kappa shape index (κ1) is 13.2. The van der Waals surface area contributed by atoms with Gasteiger partial charge in [-0.25, -0.2) is 0 Å². The lowest BCUT2D eigenvalue weighted by Crippen LogP contribution is -2.15. The van der Waals surface area contributed by atoms with Crippen LogP contribution in [0.4, 0.5) is 5.88 Å². The van der Waals surface area contributed by atoms with Gasteiger partial charge in [-0.05, 0) is 30.4 Å². The van der Waals surface area contributed by atoms with Gasteiger partial charge in [-0.2, -0.15) is 11.8 Å². The van der Waals surface area contributed by atoms with Crippen LogP contribution >= 0.6 is 11.8 Å². The molecule has 1 aliphatic rings.